The first-order valence-electron chi connectivity index (χ1n) is 7.29. The quantitative estimate of drug-likeness (QED) is 0.513. The summed E-state index contributed by atoms with van der Waals surface area (Å²) in [5.41, 5.74) is 2.95. The normalized spacial score (nSPS) is 11.0. The SMILES string of the molecule is COc1c(-c2ccc3ccccc3n2)ccc2ccccc12. The van der Waals surface area contributed by atoms with Gasteiger partial charge in [-0.05, 0) is 23.6 Å². The molecule has 0 unspecified atom stereocenters. The van der Waals surface area contributed by atoms with E-state index in [-0.39, 0.29) is 0 Å². The van der Waals surface area contributed by atoms with Crippen LogP contribution in [0.3, 0.4) is 0 Å². The molecule has 0 fully saturated rings. The highest BCUT2D eigenvalue weighted by Crippen LogP contribution is 2.36. The lowest BCUT2D eigenvalue weighted by atomic mass is 10.0. The highest BCUT2D eigenvalue weighted by atomic mass is 16.5. The second kappa shape index (κ2) is 5.15. The van der Waals surface area contributed by atoms with Crippen LogP contribution in [-0.4, -0.2) is 12.1 Å². The number of fused-ring (bicyclic) bond motifs is 2. The molecule has 0 N–H and O–H groups in total. The summed E-state index contributed by atoms with van der Waals surface area (Å²) in [6, 6.07) is 24.7. The third-order valence-corrected chi connectivity index (χ3v) is 3.96. The van der Waals surface area contributed by atoms with Gasteiger partial charge in [0, 0.05) is 16.3 Å². The molecule has 0 amide bonds. The standard InChI is InChI=1S/C20H15NO/c1-22-20-16-8-4-2-6-14(16)10-12-17(20)19-13-11-15-7-3-5-9-18(15)21-19/h2-13H,1H3. The van der Waals surface area contributed by atoms with Gasteiger partial charge in [-0.25, -0.2) is 4.98 Å². The summed E-state index contributed by atoms with van der Waals surface area (Å²) in [5, 5.41) is 3.42. The Balaban J connectivity index is 1.99. The molecule has 2 heteroatoms. The Morgan fingerprint density at radius 1 is 0.727 bits per heavy atom. The van der Waals surface area contributed by atoms with E-state index in [9.17, 15) is 0 Å². The first-order valence-corrected chi connectivity index (χ1v) is 7.29. The zero-order valence-electron chi connectivity index (χ0n) is 12.3. The number of hydrogen-bond acceptors (Lipinski definition) is 2. The number of rotatable bonds is 2. The van der Waals surface area contributed by atoms with E-state index in [1.54, 1.807) is 7.11 Å². The van der Waals surface area contributed by atoms with Crippen molar-refractivity contribution in [3.63, 3.8) is 0 Å². The molecular formula is C20H15NO. The smallest absolute Gasteiger partial charge is 0.136 e. The topological polar surface area (TPSA) is 22.1 Å². The van der Waals surface area contributed by atoms with E-state index in [4.69, 9.17) is 9.72 Å². The molecule has 0 aliphatic carbocycles. The fourth-order valence-corrected chi connectivity index (χ4v) is 2.88. The van der Waals surface area contributed by atoms with E-state index in [0.29, 0.717) is 0 Å². The zero-order chi connectivity index (χ0) is 14.9. The summed E-state index contributed by atoms with van der Waals surface area (Å²) >= 11 is 0. The van der Waals surface area contributed by atoms with E-state index >= 15 is 0 Å². The van der Waals surface area contributed by atoms with E-state index in [1.165, 1.54) is 5.39 Å². The highest BCUT2D eigenvalue weighted by Gasteiger charge is 2.11. The van der Waals surface area contributed by atoms with E-state index in [1.807, 2.05) is 30.3 Å². The number of pyridine rings is 1. The Hall–Kier alpha value is -2.87. The van der Waals surface area contributed by atoms with Crippen molar-refractivity contribution in [2.75, 3.05) is 7.11 Å². The van der Waals surface area contributed by atoms with Crippen LogP contribution in [0.25, 0.3) is 32.9 Å². The largest absolute Gasteiger partial charge is 0.495 e. The Bertz CT molecular complexity index is 975. The number of aromatic nitrogens is 1. The van der Waals surface area contributed by atoms with Crippen LogP contribution in [0.2, 0.25) is 0 Å². The predicted octanol–water partition coefficient (Wildman–Crippen LogP) is 5.06. The van der Waals surface area contributed by atoms with Crippen LogP contribution in [0, 0.1) is 0 Å². The van der Waals surface area contributed by atoms with Crippen molar-refractivity contribution in [2.24, 2.45) is 0 Å². The van der Waals surface area contributed by atoms with E-state index in [2.05, 4.69) is 42.5 Å². The molecule has 3 aromatic carbocycles. The average molecular weight is 285 g/mol. The van der Waals surface area contributed by atoms with Crippen LogP contribution in [0.4, 0.5) is 0 Å². The number of methoxy groups -OCH3 is 1. The molecule has 1 aromatic heterocycles. The van der Waals surface area contributed by atoms with Crippen LogP contribution in [-0.2, 0) is 0 Å². The first kappa shape index (κ1) is 12.8. The van der Waals surface area contributed by atoms with Gasteiger partial charge >= 0.3 is 0 Å². The van der Waals surface area contributed by atoms with E-state index < -0.39 is 0 Å². The van der Waals surface area contributed by atoms with Gasteiger partial charge in [0.25, 0.3) is 0 Å². The first-order chi connectivity index (χ1) is 10.9. The molecule has 0 saturated carbocycles. The van der Waals surface area contributed by atoms with Gasteiger partial charge in [-0.2, -0.15) is 0 Å². The van der Waals surface area contributed by atoms with Crippen LogP contribution in [0.1, 0.15) is 0 Å². The maximum absolute atomic E-state index is 5.69. The van der Waals surface area contributed by atoms with Crippen molar-refractivity contribution in [3.05, 3.63) is 72.8 Å². The molecule has 4 aromatic rings. The van der Waals surface area contributed by atoms with Crippen LogP contribution in [0.15, 0.2) is 72.8 Å². The Morgan fingerprint density at radius 3 is 2.32 bits per heavy atom. The number of benzene rings is 3. The third-order valence-electron chi connectivity index (χ3n) is 3.96. The second-order valence-electron chi connectivity index (χ2n) is 5.26. The van der Waals surface area contributed by atoms with Crippen molar-refractivity contribution in [3.8, 4) is 17.0 Å². The number of para-hydroxylation sites is 1. The second-order valence-corrected chi connectivity index (χ2v) is 5.26. The summed E-state index contributed by atoms with van der Waals surface area (Å²) in [4.78, 5) is 4.78. The summed E-state index contributed by atoms with van der Waals surface area (Å²) in [5.74, 6) is 0.876. The minimum atomic E-state index is 0.876. The molecule has 1 heterocycles. The lowest BCUT2D eigenvalue weighted by Crippen LogP contribution is -1.92. The molecular weight excluding hydrogens is 270 g/mol. The molecule has 0 spiro atoms. The molecule has 106 valence electrons. The number of ether oxygens (including phenoxy) is 1. The molecule has 22 heavy (non-hydrogen) atoms. The van der Waals surface area contributed by atoms with Gasteiger partial charge in [-0.3, -0.25) is 0 Å². The summed E-state index contributed by atoms with van der Waals surface area (Å²) in [7, 11) is 1.71. The molecule has 0 aliphatic heterocycles. The Kier molecular flexibility index (Phi) is 3.01. The van der Waals surface area contributed by atoms with Gasteiger partial charge < -0.3 is 4.74 Å². The summed E-state index contributed by atoms with van der Waals surface area (Å²) < 4.78 is 5.69. The minimum Gasteiger partial charge on any atom is -0.495 e. The van der Waals surface area contributed by atoms with Crippen molar-refractivity contribution >= 4 is 21.7 Å². The van der Waals surface area contributed by atoms with Crippen molar-refractivity contribution in [1.29, 1.82) is 0 Å². The van der Waals surface area contributed by atoms with Crippen LogP contribution < -0.4 is 4.74 Å². The molecule has 0 bridgehead atoms. The molecule has 4 rings (SSSR count). The third kappa shape index (κ3) is 2.01. The van der Waals surface area contributed by atoms with Crippen LogP contribution in [0.5, 0.6) is 5.75 Å². The predicted molar refractivity (Wildman–Crippen MR) is 91.2 cm³/mol. The van der Waals surface area contributed by atoms with Gasteiger partial charge in [0.05, 0.1) is 18.3 Å². The Morgan fingerprint density at radius 2 is 1.45 bits per heavy atom. The van der Waals surface area contributed by atoms with Gasteiger partial charge in [0.15, 0.2) is 0 Å². The molecule has 0 radical (unpaired) electrons. The van der Waals surface area contributed by atoms with E-state index in [0.717, 1.165) is 33.3 Å². The monoisotopic (exact) mass is 285 g/mol. The lowest BCUT2D eigenvalue weighted by Gasteiger charge is -2.12. The fourth-order valence-electron chi connectivity index (χ4n) is 2.88. The maximum Gasteiger partial charge on any atom is 0.136 e. The van der Waals surface area contributed by atoms with Crippen molar-refractivity contribution in [1.82, 2.24) is 4.98 Å². The van der Waals surface area contributed by atoms with Crippen molar-refractivity contribution in [2.45, 2.75) is 0 Å². The molecule has 0 saturated heterocycles. The summed E-state index contributed by atoms with van der Waals surface area (Å²) in [6.07, 6.45) is 0. The zero-order valence-corrected chi connectivity index (χ0v) is 12.3. The van der Waals surface area contributed by atoms with Crippen molar-refractivity contribution < 1.29 is 4.74 Å². The maximum atomic E-state index is 5.69. The number of nitrogens with zero attached hydrogens (tertiary/aromatic N) is 1. The van der Waals surface area contributed by atoms with Crippen LogP contribution >= 0.6 is 0 Å². The van der Waals surface area contributed by atoms with Gasteiger partial charge in [0.2, 0.25) is 0 Å². The fraction of sp³-hybridized carbons (Fsp3) is 0.0500. The average Bonchev–Trinajstić information content (AvgIpc) is 2.60. The molecule has 0 atom stereocenters. The lowest BCUT2D eigenvalue weighted by molar-refractivity contribution is 0.421. The summed E-state index contributed by atoms with van der Waals surface area (Å²) in [6.45, 7) is 0. The van der Waals surface area contributed by atoms with Gasteiger partial charge in [-0.1, -0.05) is 54.6 Å². The highest BCUT2D eigenvalue weighted by molar-refractivity contribution is 5.95. The molecule has 2 nitrogen and oxygen atoms in total. The van der Waals surface area contributed by atoms with Gasteiger partial charge in [0.1, 0.15) is 5.75 Å². The van der Waals surface area contributed by atoms with Gasteiger partial charge in [-0.15, -0.1) is 0 Å². The Labute approximate surface area is 129 Å². The minimum absolute atomic E-state index is 0.876. The molecule has 0 aliphatic rings. The number of hydrogen-bond donors (Lipinski definition) is 0.